The number of hydrogen-bond acceptors (Lipinski definition) is 9. The summed E-state index contributed by atoms with van der Waals surface area (Å²) in [7, 11) is -2.39. The summed E-state index contributed by atoms with van der Waals surface area (Å²) in [5.41, 5.74) is 6.15. The van der Waals surface area contributed by atoms with Gasteiger partial charge < -0.3 is 14.2 Å². The number of ether oxygens (including phenoxy) is 1. The predicted molar refractivity (Wildman–Crippen MR) is 234 cm³/mol. The first kappa shape index (κ1) is 39.5. The number of aromatic nitrogens is 7. The molecule has 1 amide bonds. The molecule has 4 aliphatic rings. The summed E-state index contributed by atoms with van der Waals surface area (Å²) >= 11 is 0. The summed E-state index contributed by atoms with van der Waals surface area (Å²) in [5.74, 6) is 0.246. The third-order valence-corrected chi connectivity index (χ3v) is 15.1. The van der Waals surface area contributed by atoms with Crippen LogP contribution in [0.4, 0.5) is 10.1 Å². The van der Waals surface area contributed by atoms with Crippen molar-refractivity contribution >= 4 is 32.2 Å². The molecule has 324 valence electrons. The van der Waals surface area contributed by atoms with Crippen LogP contribution in [0.3, 0.4) is 0 Å². The average Bonchev–Trinajstić information content (AvgIpc) is 3.86. The number of nitrogens with zero attached hydrogens (tertiary/aromatic N) is 8. The van der Waals surface area contributed by atoms with Crippen molar-refractivity contribution in [3.63, 3.8) is 0 Å². The highest BCUT2D eigenvalue weighted by Gasteiger charge is 2.59. The number of aryl methyl sites for hydroxylation is 2. The van der Waals surface area contributed by atoms with Gasteiger partial charge in [0.25, 0.3) is 5.91 Å². The highest BCUT2D eigenvalue weighted by atomic mass is 32.2. The number of fused-ring (bicyclic) bond motifs is 3. The van der Waals surface area contributed by atoms with Crippen LogP contribution in [0.5, 0.6) is 0 Å². The summed E-state index contributed by atoms with van der Waals surface area (Å²) in [6.45, 7) is 9.15. The highest BCUT2D eigenvalue weighted by Crippen LogP contribution is 2.56. The summed E-state index contributed by atoms with van der Waals surface area (Å²) < 4.78 is 49.8. The number of carbonyl (C=O) groups is 1. The SMILES string of the molecule is Cc1cc(-n2nc3c(c2-n2ccn(-c4ccc5c(c4)C[S@](C)(=O)=N5)c2=O)[C@H](C)N(C(=O)c2cc4cc(C5CCOCC5)ccc4n2[C@@]2(c4noc(=O)[nH]4)C[C@@H]2C)CC3)cc(C)c1F. The molecule has 2 fully saturated rings. The maximum Gasteiger partial charge on any atom is 0.438 e. The van der Waals surface area contributed by atoms with Crippen LogP contribution in [-0.2, 0) is 32.2 Å². The van der Waals surface area contributed by atoms with Crippen molar-refractivity contribution in [2.75, 3.05) is 26.0 Å². The largest absolute Gasteiger partial charge is 0.438 e. The fourth-order valence-electron chi connectivity index (χ4n) is 10.4. The van der Waals surface area contributed by atoms with E-state index in [9.17, 15) is 13.8 Å². The van der Waals surface area contributed by atoms with Gasteiger partial charge in [-0.25, -0.2) is 22.9 Å². The topological polar surface area (TPSA) is 168 Å². The van der Waals surface area contributed by atoms with Gasteiger partial charge in [-0.15, -0.1) is 0 Å². The lowest BCUT2D eigenvalue weighted by molar-refractivity contribution is 0.0663. The number of hydrogen-bond donors (Lipinski definition) is 1. The number of nitrogens with one attached hydrogen (secondary N) is 1. The summed E-state index contributed by atoms with van der Waals surface area (Å²) in [4.78, 5) is 47.2. The highest BCUT2D eigenvalue weighted by molar-refractivity contribution is 7.92. The molecule has 1 aliphatic carbocycles. The monoisotopic (exact) mass is 871 g/mol. The van der Waals surface area contributed by atoms with Gasteiger partial charge in [-0.2, -0.15) is 9.46 Å². The van der Waals surface area contributed by atoms with E-state index in [0.29, 0.717) is 101 Å². The predicted octanol–water partition coefficient (Wildman–Crippen LogP) is 6.88. The van der Waals surface area contributed by atoms with E-state index >= 15 is 9.18 Å². The van der Waals surface area contributed by atoms with Crippen molar-refractivity contribution in [1.82, 2.24) is 38.5 Å². The number of carbonyl (C=O) groups excluding carboxylic acids is 1. The van der Waals surface area contributed by atoms with E-state index in [1.807, 2.05) is 28.5 Å². The van der Waals surface area contributed by atoms with Gasteiger partial charge in [0.1, 0.15) is 22.9 Å². The number of imidazole rings is 1. The van der Waals surface area contributed by atoms with Crippen LogP contribution in [-0.4, -0.2) is 74.7 Å². The average molecular weight is 872 g/mol. The van der Waals surface area contributed by atoms with E-state index in [-0.39, 0.29) is 23.3 Å². The zero-order valence-corrected chi connectivity index (χ0v) is 36.4. The maximum absolute atomic E-state index is 15.5. The first-order valence-electron chi connectivity index (χ1n) is 21.4. The van der Waals surface area contributed by atoms with E-state index in [4.69, 9.17) is 14.4 Å². The molecule has 7 aromatic rings. The van der Waals surface area contributed by atoms with E-state index in [1.54, 1.807) is 61.4 Å². The zero-order valence-electron chi connectivity index (χ0n) is 35.6. The minimum atomic E-state index is -2.39. The molecule has 3 aromatic carbocycles. The molecule has 7 heterocycles. The smallest absolute Gasteiger partial charge is 0.381 e. The lowest BCUT2D eigenvalue weighted by atomic mass is 9.91. The minimum Gasteiger partial charge on any atom is -0.381 e. The third-order valence-electron chi connectivity index (χ3n) is 13.7. The van der Waals surface area contributed by atoms with Crippen LogP contribution >= 0.6 is 0 Å². The quantitative estimate of drug-likeness (QED) is 0.181. The summed E-state index contributed by atoms with van der Waals surface area (Å²) in [6.07, 6.45) is 7.83. The van der Waals surface area contributed by atoms with E-state index in [2.05, 4.69) is 39.6 Å². The molecular weight excluding hydrogens is 826 g/mol. The Hall–Kier alpha value is -6.33. The molecule has 63 heavy (non-hydrogen) atoms. The van der Waals surface area contributed by atoms with Crippen molar-refractivity contribution in [2.24, 2.45) is 10.3 Å². The van der Waals surface area contributed by atoms with E-state index in [0.717, 1.165) is 29.3 Å². The standard InChI is InChI=1S/C46H46FN9O6S/c1-25-18-34(19-26(2)40(25)47)56-41(54-15-14-53(45(54)59)33-7-8-35-32(21-33)24-63(5,60)51-35)39-28(4)52(13-10-36(39)49-56)42(57)38-22-31-20-30(29-11-16-61-17-12-29)6-9-37(31)55(38)46(23-27(46)3)43-48-44(58)62-50-43/h6-9,14-15,18-22,27-29H,10-13,16-17,23-24H2,1-5H3,(H,48,50,58)/t27-,28-,46-,63-/m0/s1. The van der Waals surface area contributed by atoms with Crippen molar-refractivity contribution in [1.29, 1.82) is 0 Å². The second-order valence-electron chi connectivity index (χ2n) is 17.8. The lowest BCUT2D eigenvalue weighted by Crippen LogP contribution is -2.41. The van der Waals surface area contributed by atoms with Gasteiger partial charge in [0, 0.05) is 61.3 Å². The van der Waals surface area contributed by atoms with Gasteiger partial charge in [0.05, 0.1) is 44.3 Å². The van der Waals surface area contributed by atoms with Crippen LogP contribution in [0.2, 0.25) is 0 Å². The molecule has 0 radical (unpaired) electrons. The van der Waals surface area contributed by atoms with Crippen molar-refractivity contribution in [3.05, 3.63) is 139 Å². The molecule has 1 N–H and O–H groups in total. The van der Waals surface area contributed by atoms with Crippen LogP contribution in [0.15, 0.2) is 85.5 Å². The number of H-pyrrole nitrogens is 1. The fourth-order valence-corrected chi connectivity index (χ4v) is 11.9. The second-order valence-corrected chi connectivity index (χ2v) is 20.2. The number of halogens is 1. The van der Waals surface area contributed by atoms with E-state index in [1.165, 1.54) is 14.7 Å². The van der Waals surface area contributed by atoms with Gasteiger partial charge >= 0.3 is 11.4 Å². The van der Waals surface area contributed by atoms with Crippen molar-refractivity contribution in [3.8, 4) is 17.2 Å². The van der Waals surface area contributed by atoms with Crippen LogP contribution < -0.4 is 11.4 Å². The summed E-state index contributed by atoms with van der Waals surface area (Å²) in [6, 6.07) is 16.6. The third kappa shape index (κ3) is 6.14. The number of rotatable bonds is 7. The van der Waals surface area contributed by atoms with E-state index < -0.39 is 27.1 Å². The van der Waals surface area contributed by atoms with Crippen LogP contribution in [0.25, 0.3) is 28.1 Å². The molecule has 0 bridgehead atoms. The first-order chi connectivity index (χ1) is 30.2. The van der Waals surface area contributed by atoms with Crippen molar-refractivity contribution < 1.29 is 22.7 Å². The molecule has 15 nitrogen and oxygen atoms in total. The van der Waals surface area contributed by atoms with Crippen LogP contribution in [0, 0.1) is 25.6 Å². The molecule has 17 heteroatoms. The number of aromatic amines is 1. The molecule has 0 unspecified atom stereocenters. The second kappa shape index (κ2) is 14.1. The maximum atomic E-state index is 15.5. The Morgan fingerprint density at radius 1 is 0.968 bits per heavy atom. The Labute approximate surface area is 361 Å². The van der Waals surface area contributed by atoms with Gasteiger partial charge in [0.15, 0.2) is 5.82 Å². The fraction of sp³-hybridized carbons (Fsp3) is 0.370. The van der Waals surface area contributed by atoms with Crippen molar-refractivity contribution in [2.45, 2.75) is 76.6 Å². The Morgan fingerprint density at radius 2 is 1.71 bits per heavy atom. The number of benzene rings is 3. The number of amides is 1. The lowest BCUT2D eigenvalue weighted by Gasteiger charge is -2.34. The normalized spacial score (nSPS) is 23.2. The minimum absolute atomic E-state index is 0.0236. The molecule has 4 atom stereocenters. The summed E-state index contributed by atoms with van der Waals surface area (Å²) in [5, 5.41) is 10.2. The molecule has 1 saturated heterocycles. The Balaban J connectivity index is 1.05. The zero-order chi connectivity index (χ0) is 43.7. The Bertz CT molecular complexity index is 3300. The van der Waals surface area contributed by atoms with Gasteiger partial charge in [-0.1, -0.05) is 18.1 Å². The molecule has 4 aromatic heterocycles. The van der Waals surface area contributed by atoms with Gasteiger partial charge in [-0.05, 0) is 123 Å². The first-order valence-corrected chi connectivity index (χ1v) is 23.4. The molecule has 11 rings (SSSR count). The molecule has 1 saturated carbocycles. The molecule has 0 spiro atoms. The molecular formula is C46H46FN9O6S. The van der Waals surface area contributed by atoms with Crippen LogP contribution in [0.1, 0.15) is 94.9 Å². The molecule has 3 aliphatic heterocycles. The van der Waals surface area contributed by atoms with Gasteiger partial charge in [0.2, 0.25) is 0 Å². The Kier molecular flexibility index (Phi) is 8.84. The Morgan fingerprint density at radius 3 is 2.43 bits per heavy atom. The van der Waals surface area contributed by atoms with Gasteiger partial charge in [-0.3, -0.25) is 23.4 Å².